The minimum atomic E-state index is -0.137. The third-order valence-corrected chi connectivity index (χ3v) is 9.24. The van der Waals surface area contributed by atoms with Gasteiger partial charge in [0.05, 0.1) is 0 Å². The van der Waals surface area contributed by atoms with E-state index in [-0.39, 0.29) is 11.8 Å². The first kappa shape index (κ1) is 45.3. The minimum absolute atomic E-state index is 0.137. The van der Waals surface area contributed by atoms with Crippen molar-refractivity contribution in [3.63, 3.8) is 0 Å². The molecule has 0 aliphatic heterocycles. The van der Waals surface area contributed by atoms with Gasteiger partial charge in [-0.05, 0) is 32.1 Å². The van der Waals surface area contributed by atoms with Gasteiger partial charge in [-0.15, -0.1) is 0 Å². The van der Waals surface area contributed by atoms with Crippen molar-refractivity contribution in [1.29, 1.82) is 0 Å². The lowest BCUT2D eigenvalue weighted by atomic mass is 10.0. The maximum Gasteiger partial charge on any atom is 0.240 e. The SMILES string of the molecule is CCCCCCCCCCCCCCCCCC=NNC(=O)CCCC(=O)NN=CCCCCCCCCCCCCCCCCC. The van der Waals surface area contributed by atoms with Gasteiger partial charge in [-0.25, -0.2) is 10.9 Å². The molecule has 0 heterocycles. The van der Waals surface area contributed by atoms with Gasteiger partial charge >= 0.3 is 0 Å². The molecule has 0 bridgehead atoms. The average molecular weight is 661 g/mol. The first-order chi connectivity index (χ1) is 23.2. The zero-order chi connectivity index (χ0) is 34.1. The van der Waals surface area contributed by atoms with Crippen molar-refractivity contribution in [2.24, 2.45) is 10.2 Å². The molecule has 0 aliphatic rings. The number of nitrogens with one attached hydrogen (secondary N) is 2. The quantitative estimate of drug-likeness (QED) is 0.0392. The van der Waals surface area contributed by atoms with Crippen molar-refractivity contribution in [2.75, 3.05) is 0 Å². The summed E-state index contributed by atoms with van der Waals surface area (Å²) in [5.74, 6) is -0.274. The van der Waals surface area contributed by atoms with Gasteiger partial charge in [0.25, 0.3) is 0 Å². The standard InChI is InChI=1S/C41H80N4O2/c1-3-5-7-9-11-13-15-17-19-21-23-25-27-29-31-33-38-42-44-40(46)36-35-37-41(47)45-43-39-34-32-30-28-26-24-22-20-18-16-14-12-10-8-6-4-2/h38-39H,3-37H2,1-2H3,(H,44,46)(H,45,47). The van der Waals surface area contributed by atoms with Crippen molar-refractivity contribution in [3.8, 4) is 0 Å². The van der Waals surface area contributed by atoms with E-state index in [1.54, 1.807) is 12.4 Å². The van der Waals surface area contributed by atoms with Crippen LogP contribution in [-0.2, 0) is 9.59 Å². The first-order valence-electron chi connectivity index (χ1n) is 20.8. The summed E-state index contributed by atoms with van der Waals surface area (Å²) in [6.45, 7) is 4.56. The van der Waals surface area contributed by atoms with Crippen molar-refractivity contribution in [2.45, 2.75) is 239 Å². The molecular weight excluding hydrogens is 580 g/mol. The fourth-order valence-electron chi connectivity index (χ4n) is 6.10. The largest absolute Gasteiger partial charge is 0.273 e. The maximum atomic E-state index is 11.9. The maximum absolute atomic E-state index is 11.9. The third kappa shape index (κ3) is 40.4. The van der Waals surface area contributed by atoms with Gasteiger partial charge < -0.3 is 0 Å². The van der Waals surface area contributed by atoms with E-state index in [1.807, 2.05) is 0 Å². The van der Waals surface area contributed by atoms with Gasteiger partial charge in [0.15, 0.2) is 0 Å². The molecule has 6 heteroatoms. The lowest BCUT2D eigenvalue weighted by molar-refractivity contribution is -0.122. The van der Waals surface area contributed by atoms with Gasteiger partial charge in [-0.3, -0.25) is 9.59 Å². The Kier molecular flexibility index (Phi) is 39.0. The Balaban J connectivity index is 3.36. The van der Waals surface area contributed by atoms with Gasteiger partial charge in [0.2, 0.25) is 11.8 Å². The topological polar surface area (TPSA) is 82.9 Å². The molecule has 2 amide bonds. The van der Waals surface area contributed by atoms with E-state index in [2.05, 4.69) is 34.9 Å². The summed E-state index contributed by atoms with van der Waals surface area (Å²) in [5.41, 5.74) is 5.17. The Morgan fingerprint density at radius 2 is 0.596 bits per heavy atom. The molecule has 276 valence electrons. The van der Waals surface area contributed by atoms with Gasteiger partial charge in [-0.1, -0.05) is 194 Å². The average Bonchev–Trinajstić information content (AvgIpc) is 3.07. The molecule has 0 aromatic heterocycles. The number of hydrogen-bond acceptors (Lipinski definition) is 4. The summed E-state index contributed by atoms with van der Waals surface area (Å²) in [6, 6.07) is 0. The van der Waals surface area contributed by atoms with E-state index in [9.17, 15) is 9.59 Å². The minimum Gasteiger partial charge on any atom is -0.273 e. The number of nitrogens with zero attached hydrogens (tertiary/aromatic N) is 2. The van der Waals surface area contributed by atoms with Crippen LogP contribution in [0.1, 0.15) is 239 Å². The highest BCUT2D eigenvalue weighted by atomic mass is 16.2. The summed E-state index contributed by atoms with van der Waals surface area (Å²) < 4.78 is 0. The van der Waals surface area contributed by atoms with Crippen LogP contribution >= 0.6 is 0 Å². The van der Waals surface area contributed by atoms with Crippen LogP contribution in [-0.4, -0.2) is 24.2 Å². The van der Waals surface area contributed by atoms with Crippen LogP contribution in [0.15, 0.2) is 10.2 Å². The fraction of sp³-hybridized carbons (Fsp3) is 0.902. The molecule has 0 saturated carbocycles. The first-order valence-corrected chi connectivity index (χ1v) is 20.8. The molecule has 0 radical (unpaired) electrons. The summed E-state index contributed by atoms with van der Waals surface area (Å²) in [7, 11) is 0. The van der Waals surface area contributed by atoms with E-state index in [4.69, 9.17) is 0 Å². The molecule has 2 N–H and O–H groups in total. The Morgan fingerprint density at radius 3 is 0.851 bits per heavy atom. The number of hydrogen-bond donors (Lipinski definition) is 2. The van der Waals surface area contributed by atoms with E-state index < -0.39 is 0 Å². The van der Waals surface area contributed by atoms with Crippen LogP contribution in [0.2, 0.25) is 0 Å². The molecule has 0 fully saturated rings. The second-order valence-electron chi connectivity index (χ2n) is 14.0. The van der Waals surface area contributed by atoms with Crippen molar-refractivity contribution < 1.29 is 9.59 Å². The predicted molar refractivity (Wildman–Crippen MR) is 206 cm³/mol. The lowest BCUT2D eigenvalue weighted by Gasteiger charge is -2.03. The summed E-state index contributed by atoms with van der Waals surface area (Å²) in [5, 5.41) is 8.11. The predicted octanol–water partition coefficient (Wildman–Crippen LogP) is 12.9. The molecule has 0 atom stereocenters. The van der Waals surface area contributed by atoms with E-state index in [0.717, 1.165) is 25.7 Å². The molecule has 0 aliphatic carbocycles. The number of carbonyl (C=O) groups is 2. The van der Waals surface area contributed by atoms with Crippen LogP contribution in [0, 0.1) is 0 Å². The highest BCUT2D eigenvalue weighted by Crippen LogP contribution is 2.15. The Hall–Kier alpha value is -1.72. The highest BCUT2D eigenvalue weighted by molar-refractivity contribution is 5.79. The number of rotatable bonds is 38. The summed E-state index contributed by atoms with van der Waals surface area (Å²) in [6.07, 6.45) is 47.4. The van der Waals surface area contributed by atoms with Crippen molar-refractivity contribution in [1.82, 2.24) is 10.9 Å². The molecule has 0 aromatic rings. The van der Waals surface area contributed by atoms with E-state index in [0.29, 0.717) is 19.3 Å². The molecular formula is C41H80N4O2. The van der Waals surface area contributed by atoms with Crippen LogP contribution in [0.4, 0.5) is 0 Å². The molecule has 47 heavy (non-hydrogen) atoms. The van der Waals surface area contributed by atoms with Gasteiger partial charge in [0, 0.05) is 25.3 Å². The second-order valence-corrected chi connectivity index (χ2v) is 14.0. The van der Waals surface area contributed by atoms with Crippen LogP contribution in [0.25, 0.3) is 0 Å². The molecule has 0 spiro atoms. The second kappa shape index (κ2) is 40.5. The summed E-state index contributed by atoms with van der Waals surface area (Å²) in [4.78, 5) is 23.9. The van der Waals surface area contributed by atoms with Gasteiger partial charge in [0.1, 0.15) is 0 Å². The van der Waals surface area contributed by atoms with Crippen molar-refractivity contribution in [3.05, 3.63) is 0 Å². The summed E-state index contributed by atoms with van der Waals surface area (Å²) >= 11 is 0. The monoisotopic (exact) mass is 661 g/mol. The molecule has 0 aromatic carbocycles. The van der Waals surface area contributed by atoms with Crippen molar-refractivity contribution >= 4 is 24.2 Å². The van der Waals surface area contributed by atoms with Gasteiger partial charge in [-0.2, -0.15) is 10.2 Å². The molecule has 0 unspecified atom stereocenters. The van der Waals surface area contributed by atoms with Crippen LogP contribution in [0.3, 0.4) is 0 Å². The number of unbranched alkanes of at least 4 members (excludes halogenated alkanes) is 30. The highest BCUT2D eigenvalue weighted by Gasteiger charge is 2.04. The third-order valence-electron chi connectivity index (χ3n) is 9.24. The van der Waals surface area contributed by atoms with Crippen LogP contribution < -0.4 is 10.9 Å². The Bertz CT molecular complexity index is 652. The van der Waals surface area contributed by atoms with E-state index >= 15 is 0 Å². The Morgan fingerprint density at radius 1 is 0.362 bits per heavy atom. The Labute approximate surface area is 292 Å². The lowest BCUT2D eigenvalue weighted by Crippen LogP contribution is -2.20. The van der Waals surface area contributed by atoms with Crippen LogP contribution in [0.5, 0.6) is 0 Å². The van der Waals surface area contributed by atoms with E-state index in [1.165, 1.54) is 180 Å². The number of hydrazone groups is 2. The molecule has 6 nitrogen and oxygen atoms in total. The fourth-order valence-corrected chi connectivity index (χ4v) is 6.10. The number of carbonyl (C=O) groups excluding carboxylic acids is 2. The zero-order valence-electron chi connectivity index (χ0n) is 31.6. The number of amides is 2. The zero-order valence-corrected chi connectivity index (χ0v) is 31.6. The molecule has 0 rings (SSSR count). The molecule has 0 saturated heterocycles. The smallest absolute Gasteiger partial charge is 0.240 e. The normalized spacial score (nSPS) is 11.6.